The van der Waals surface area contributed by atoms with Crippen LogP contribution in [0.25, 0.3) is 16.7 Å². The summed E-state index contributed by atoms with van der Waals surface area (Å²) in [6, 6.07) is 16.5. The minimum absolute atomic E-state index is 0.169. The first-order valence-corrected chi connectivity index (χ1v) is 12.3. The lowest BCUT2D eigenvalue weighted by molar-refractivity contribution is 0.414. The quantitative estimate of drug-likeness (QED) is 0.312. The molecule has 5 aromatic rings. The summed E-state index contributed by atoms with van der Waals surface area (Å²) in [5, 5.41) is -0.198. The van der Waals surface area contributed by atoms with Crippen LogP contribution in [0.5, 0.6) is 17.2 Å². The molecule has 0 aliphatic heterocycles. The Hall–Kier alpha value is -4.99. The maximum Gasteiger partial charge on any atom is 0.337 e. The number of hydrogen-bond acceptors (Lipinski definition) is 5. The molecule has 0 N–H and O–H groups in total. The summed E-state index contributed by atoms with van der Waals surface area (Å²) >= 11 is 0. The van der Waals surface area contributed by atoms with E-state index in [2.05, 4.69) is 0 Å². The largest absolute Gasteiger partial charge is 0.497 e. The monoisotopic (exact) mass is 545 g/mol. The van der Waals surface area contributed by atoms with Gasteiger partial charge in [-0.1, -0.05) is 30.3 Å². The number of ether oxygens (including phenoxy) is 2. The van der Waals surface area contributed by atoms with Gasteiger partial charge >= 0.3 is 5.69 Å². The summed E-state index contributed by atoms with van der Waals surface area (Å²) in [7, 11) is 2.87. The lowest BCUT2D eigenvalue weighted by atomic mass is 10.2. The second-order valence-corrected chi connectivity index (χ2v) is 9.41. The molecular formula is C30H25F2N3O5. The van der Waals surface area contributed by atoms with Crippen molar-refractivity contribution in [3.8, 4) is 22.9 Å². The molecule has 0 fully saturated rings. The van der Waals surface area contributed by atoms with Gasteiger partial charge in [0.25, 0.3) is 11.1 Å². The van der Waals surface area contributed by atoms with E-state index in [1.807, 2.05) is 0 Å². The van der Waals surface area contributed by atoms with E-state index in [1.165, 1.54) is 32.4 Å². The Balaban J connectivity index is 1.88. The normalized spacial score (nSPS) is 11.2. The first kappa shape index (κ1) is 26.6. The Morgan fingerprint density at radius 1 is 0.875 bits per heavy atom. The number of aromatic nitrogens is 3. The molecule has 3 aromatic carbocycles. The van der Waals surface area contributed by atoms with Crippen LogP contribution in [0, 0.1) is 25.5 Å². The molecule has 0 spiro atoms. The fourth-order valence-corrected chi connectivity index (χ4v) is 4.52. The van der Waals surface area contributed by atoms with Crippen molar-refractivity contribution in [2.75, 3.05) is 7.11 Å². The number of nitrogens with zero attached hydrogens (tertiary/aromatic N) is 3. The van der Waals surface area contributed by atoms with Crippen LogP contribution < -0.4 is 26.3 Å². The van der Waals surface area contributed by atoms with Crippen molar-refractivity contribution in [3.05, 3.63) is 126 Å². The van der Waals surface area contributed by atoms with Crippen LogP contribution in [0.3, 0.4) is 0 Å². The van der Waals surface area contributed by atoms with Crippen LogP contribution in [-0.4, -0.2) is 20.8 Å². The maximum atomic E-state index is 15.3. The third kappa shape index (κ3) is 4.57. The highest BCUT2D eigenvalue weighted by atomic mass is 19.1. The van der Waals surface area contributed by atoms with E-state index < -0.39 is 28.4 Å². The summed E-state index contributed by atoms with van der Waals surface area (Å²) in [6.45, 7) is 3.06. The van der Waals surface area contributed by atoms with Crippen LogP contribution in [0.4, 0.5) is 8.78 Å². The molecular weight excluding hydrogens is 520 g/mol. The molecule has 0 aliphatic rings. The first-order valence-electron chi connectivity index (χ1n) is 12.3. The highest BCUT2D eigenvalue weighted by Gasteiger charge is 2.24. The van der Waals surface area contributed by atoms with Crippen LogP contribution in [0.2, 0.25) is 0 Å². The molecule has 40 heavy (non-hydrogen) atoms. The van der Waals surface area contributed by atoms with Crippen molar-refractivity contribution in [1.82, 2.24) is 13.7 Å². The van der Waals surface area contributed by atoms with Crippen LogP contribution in [0.15, 0.2) is 81.1 Å². The molecule has 8 nitrogen and oxygen atoms in total. The van der Waals surface area contributed by atoms with E-state index >= 15 is 4.39 Å². The molecule has 0 unspecified atom stereocenters. The average Bonchev–Trinajstić information content (AvgIpc) is 2.93. The Bertz CT molecular complexity index is 1960. The van der Waals surface area contributed by atoms with Crippen molar-refractivity contribution in [2.45, 2.75) is 20.4 Å². The first-order chi connectivity index (χ1) is 19.1. The van der Waals surface area contributed by atoms with Crippen molar-refractivity contribution in [2.24, 2.45) is 7.05 Å². The fraction of sp³-hybridized carbons (Fsp3) is 0.167. The number of aryl methyl sites for hydroxylation is 3. The minimum atomic E-state index is -0.870. The van der Waals surface area contributed by atoms with Crippen molar-refractivity contribution >= 4 is 11.0 Å². The van der Waals surface area contributed by atoms with Gasteiger partial charge in [-0.25, -0.2) is 18.1 Å². The molecule has 0 bridgehead atoms. The second kappa shape index (κ2) is 10.3. The Kier molecular flexibility index (Phi) is 6.85. The summed E-state index contributed by atoms with van der Waals surface area (Å²) < 4.78 is 44.2. The van der Waals surface area contributed by atoms with Gasteiger partial charge in [-0.2, -0.15) is 0 Å². The Morgan fingerprint density at radius 2 is 1.60 bits per heavy atom. The van der Waals surface area contributed by atoms with Crippen molar-refractivity contribution in [3.63, 3.8) is 0 Å². The van der Waals surface area contributed by atoms with Crippen LogP contribution in [0.1, 0.15) is 16.7 Å². The summed E-state index contributed by atoms with van der Waals surface area (Å²) in [5.74, 6) is -1.30. The molecule has 0 radical (unpaired) electrons. The number of halogens is 2. The third-order valence-electron chi connectivity index (χ3n) is 6.69. The van der Waals surface area contributed by atoms with Gasteiger partial charge in [-0.3, -0.25) is 18.7 Å². The van der Waals surface area contributed by atoms with Gasteiger partial charge in [0.2, 0.25) is 0 Å². The second-order valence-electron chi connectivity index (χ2n) is 9.41. The topological polar surface area (TPSA) is 84.5 Å². The number of methoxy groups -OCH3 is 1. The van der Waals surface area contributed by atoms with Crippen LogP contribution >= 0.6 is 0 Å². The highest BCUT2D eigenvalue weighted by Crippen LogP contribution is 2.30. The molecule has 2 aromatic heterocycles. The standard InChI is InChI=1S/C30H25F2N3O5/c1-17-8-13-22(21(31)14-17)35-28-26(29(37)34(30(35)38)16-19-9-11-20(39-4)12-10-19)24(15-25(36)33(28)3)40-23-7-5-6-18(2)27(23)32/h5-15H,16H2,1-4H3. The Morgan fingerprint density at radius 3 is 2.27 bits per heavy atom. The zero-order valence-corrected chi connectivity index (χ0v) is 22.2. The predicted molar refractivity (Wildman–Crippen MR) is 147 cm³/mol. The van der Waals surface area contributed by atoms with E-state index in [9.17, 15) is 18.8 Å². The zero-order chi connectivity index (χ0) is 28.7. The van der Waals surface area contributed by atoms with Gasteiger partial charge in [0.1, 0.15) is 28.3 Å². The van der Waals surface area contributed by atoms with E-state index in [-0.39, 0.29) is 34.8 Å². The fourth-order valence-electron chi connectivity index (χ4n) is 4.52. The number of hydrogen-bond donors (Lipinski definition) is 0. The highest BCUT2D eigenvalue weighted by molar-refractivity contribution is 5.83. The lowest BCUT2D eigenvalue weighted by Gasteiger charge is -2.19. The smallest absolute Gasteiger partial charge is 0.337 e. The molecule has 0 saturated carbocycles. The van der Waals surface area contributed by atoms with Crippen molar-refractivity contribution in [1.29, 1.82) is 0 Å². The van der Waals surface area contributed by atoms with Crippen LogP contribution in [-0.2, 0) is 13.6 Å². The molecule has 0 aliphatic carbocycles. The molecule has 2 heterocycles. The summed E-state index contributed by atoms with van der Waals surface area (Å²) in [5.41, 5.74) is -1.18. The van der Waals surface area contributed by atoms with Gasteiger partial charge in [0.15, 0.2) is 11.6 Å². The van der Waals surface area contributed by atoms with Gasteiger partial charge in [0.05, 0.1) is 19.3 Å². The van der Waals surface area contributed by atoms with E-state index in [0.29, 0.717) is 22.4 Å². The molecule has 0 amide bonds. The molecule has 0 atom stereocenters. The SMILES string of the molecule is COc1ccc(Cn2c(=O)c3c(Oc4cccc(C)c4F)cc(=O)n(C)c3n(-c3ccc(C)cc3F)c2=O)cc1. The Labute approximate surface area is 226 Å². The molecule has 204 valence electrons. The predicted octanol–water partition coefficient (Wildman–Crippen LogP) is 4.60. The lowest BCUT2D eigenvalue weighted by Crippen LogP contribution is -2.42. The van der Waals surface area contributed by atoms with Gasteiger partial charge in [0, 0.05) is 13.1 Å². The molecule has 5 rings (SSSR count). The molecule has 10 heteroatoms. The van der Waals surface area contributed by atoms with E-state index in [4.69, 9.17) is 9.47 Å². The third-order valence-corrected chi connectivity index (χ3v) is 6.69. The maximum absolute atomic E-state index is 15.3. The van der Waals surface area contributed by atoms with E-state index in [1.54, 1.807) is 56.3 Å². The number of rotatable bonds is 6. The van der Waals surface area contributed by atoms with E-state index in [0.717, 1.165) is 19.8 Å². The average molecular weight is 546 g/mol. The zero-order valence-electron chi connectivity index (χ0n) is 22.2. The minimum Gasteiger partial charge on any atom is -0.497 e. The van der Waals surface area contributed by atoms with Crippen molar-refractivity contribution < 1.29 is 18.3 Å². The van der Waals surface area contributed by atoms with Gasteiger partial charge in [-0.15, -0.1) is 0 Å². The molecule has 0 saturated heterocycles. The summed E-state index contributed by atoms with van der Waals surface area (Å²) in [6.07, 6.45) is 0. The van der Waals surface area contributed by atoms with Gasteiger partial charge in [-0.05, 0) is 60.9 Å². The summed E-state index contributed by atoms with van der Waals surface area (Å²) in [4.78, 5) is 40.9. The number of pyridine rings is 1. The number of fused-ring (bicyclic) bond motifs is 1. The van der Waals surface area contributed by atoms with Gasteiger partial charge < -0.3 is 9.47 Å². The number of benzene rings is 3.